The zero-order valence-electron chi connectivity index (χ0n) is 17.8. The zero-order valence-corrected chi connectivity index (χ0v) is 18.6. The standard InChI is InChI=1S/C21H21F2N3O6S/c1-20(11-30-14-9-16-15(8-13(14)20)31-21(22,23)32-16)19(27)25-17-4-3-5-18(24-17)26-7-6-12(10-26)33(2,28)29/h3-5,8-9,12H,6-7,10-11H2,1-2H3,(H,24,25,27)/t12-,20+/m1/s1. The Morgan fingerprint density at radius 1 is 1.21 bits per heavy atom. The average molecular weight is 481 g/mol. The number of amides is 1. The number of hydrogen-bond acceptors (Lipinski definition) is 8. The minimum absolute atomic E-state index is 0.00465. The van der Waals surface area contributed by atoms with Crippen molar-refractivity contribution >= 4 is 27.4 Å². The van der Waals surface area contributed by atoms with E-state index in [0.29, 0.717) is 30.9 Å². The molecule has 0 radical (unpaired) electrons. The van der Waals surface area contributed by atoms with E-state index < -0.39 is 32.7 Å². The summed E-state index contributed by atoms with van der Waals surface area (Å²) in [5.74, 6) is 0.332. The number of halogens is 2. The number of fused-ring (bicyclic) bond motifs is 2. The lowest BCUT2D eigenvalue weighted by atomic mass is 9.83. The molecule has 4 heterocycles. The predicted molar refractivity (Wildman–Crippen MR) is 114 cm³/mol. The van der Waals surface area contributed by atoms with Gasteiger partial charge in [0.15, 0.2) is 21.3 Å². The van der Waals surface area contributed by atoms with Gasteiger partial charge in [-0.3, -0.25) is 4.79 Å². The molecular formula is C21H21F2N3O6S. The summed E-state index contributed by atoms with van der Waals surface area (Å²) >= 11 is 0. The fourth-order valence-electron chi connectivity index (χ4n) is 4.23. The third-order valence-corrected chi connectivity index (χ3v) is 7.76. The minimum atomic E-state index is -3.77. The normalized spacial score (nSPS) is 25.0. The third kappa shape index (κ3) is 3.81. The van der Waals surface area contributed by atoms with Gasteiger partial charge >= 0.3 is 6.29 Å². The van der Waals surface area contributed by atoms with Crippen molar-refractivity contribution in [3.05, 3.63) is 35.9 Å². The highest BCUT2D eigenvalue weighted by atomic mass is 32.2. The Kier molecular flexibility index (Phi) is 4.71. The maximum Gasteiger partial charge on any atom is 0.586 e. The molecule has 1 fully saturated rings. The largest absolute Gasteiger partial charge is 0.586 e. The number of carbonyl (C=O) groups is 1. The number of carbonyl (C=O) groups excluding carboxylic acids is 1. The van der Waals surface area contributed by atoms with E-state index in [1.165, 1.54) is 18.4 Å². The van der Waals surface area contributed by atoms with Gasteiger partial charge in [-0.2, -0.15) is 0 Å². The fraction of sp³-hybridized carbons (Fsp3) is 0.429. The van der Waals surface area contributed by atoms with Crippen LogP contribution in [0.2, 0.25) is 0 Å². The molecule has 176 valence electrons. The highest BCUT2D eigenvalue weighted by Gasteiger charge is 2.49. The Balaban J connectivity index is 1.35. The number of anilines is 2. The first-order valence-electron chi connectivity index (χ1n) is 10.2. The van der Waals surface area contributed by atoms with Gasteiger partial charge in [-0.15, -0.1) is 8.78 Å². The Morgan fingerprint density at radius 3 is 2.64 bits per heavy atom. The van der Waals surface area contributed by atoms with Crippen LogP contribution in [-0.2, 0) is 20.0 Å². The molecule has 2 atom stereocenters. The van der Waals surface area contributed by atoms with Crippen LogP contribution in [0, 0.1) is 0 Å². The Morgan fingerprint density at radius 2 is 1.94 bits per heavy atom. The van der Waals surface area contributed by atoms with Crippen LogP contribution in [0.4, 0.5) is 20.4 Å². The van der Waals surface area contributed by atoms with Crippen molar-refractivity contribution in [3.8, 4) is 17.2 Å². The minimum Gasteiger partial charge on any atom is -0.492 e. The summed E-state index contributed by atoms with van der Waals surface area (Å²) in [7, 11) is -3.15. The number of sulfone groups is 1. The quantitative estimate of drug-likeness (QED) is 0.709. The number of nitrogens with one attached hydrogen (secondary N) is 1. The lowest BCUT2D eigenvalue weighted by Crippen LogP contribution is -2.39. The van der Waals surface area contributed by atoms with Gasteiger partial charge in [0.25, 0.3) is 0 Å². The molecule has 0 saturated carbocycles. The number of alkyl halides is 2. The van der Waals surface area contributed by atoms with E-state index in [2.05, 4.69) is 19.8 Å². The molecule has 5 rings (SSSR count). The molecule has 3 aliphatic rings. The van der Waals surface area contributed by atoms with E-state index in [1.54, 1.807) is 25.1 Å². The number of pyridine rings is 1. The molecule has 0 spiro atoms. The number of benzene rings is 1. The summed E-state index contributed by atoms with van der Waals surface area (Å²) in [6.45, 7) is 2.50. The van der Waals surface area contributed by atoms with E-state index in [0.717, 1.165) is 0 Å². The molecule has 33 heavy (non-hydrogen) atoms. The molecule has 1 aromatic carbocycles. The SMILES string of the molecule is C[C@]1(C(=O)Nc2cccc(N3CC[C@@H](S(C)(=O)=O)C3)n2)COc2cc3c(cc21)OC(F)(F)O3. The van der Waals surface area contributed by atoms with Crippen molar-refractivity contribution < 1.29 is 36.2 Å². The van der Waals surface area contributed by atoms with Crippen LogP contribution in [0.25, 0.3) is 0 Å². The first-order chi connectivity index (χ1) is 15.4. The maximum atomic E-state index is 13.4. The van der Waals surface area contributed by atoms with Crippen LogP contribution < -0.4 is 24.4 Å². The smallest absolute Gasteiger partial charge is 0.492 e. The fourth-order valence-corrected chi connectivity index (χ4v) is 5.21. The van der Waals surface area contributed by atoms with Crippen molar-refractivity contribution in [2.45, 2.75) is 30.3 Å². The van der Waals surface area contributed by atoms with Crippen molar-refractivity contribution in [2.75, 3.05) is 36.2 Å². The molecule has 0 aliphatic carbocycles. The number of ether oxygens (including phenoxy) is 3. The second kappa shape index (κ2) is 7.17. The molecular weight excluding hydrogens is 460 g/mol. The predicted octanol–water partition coefficient (Wildman–Crippen LogP) is 2.32. The molecule has 12 heteroatoms. The summed E-state index contributed by atoms with van der Waals surface area (Å²) in [5.41, 5.74) is -0.787. The van der Waals surface area contributed by atoms with E-state index in [1.807, 2.05) is 4.90 Å². The summed E-state index contributed by atoms with van der Waals surface area (Å²) < 4.78 is 65.0. The van der Waals surface area contributed by atoms with Crippen LogP contribution in [0.3, 0.4) is 0 Å². The van der Waals surface area contributed by atoms with E-state index >= 15 is 0 Å². The molecule has 2 aromatic rings. The molecule has 1 N–H and O–H groups in total. The lowest BCUT2D eigenvalue weighted by Gasteiger charge is -2.22. The van der Waals surface area contributed by atoms with Gasteiger partial charge < -0.3 is 24.4 Å². The monoisotopic (exact) mass is 481 g/mol. The van der Waals surface area contributed by atoms with Gasteiger partial charge in [0.05, 0.1) is 5.25 Å². The molecule has 3 aliphatic heterocycles. The average Bonchev–Trinajstić information content (AvgIpc) is 3.42. The molecule has 0 unspecified atom stereocenters. The van der Waals surface area contributed by atoms with Crippen LogP contribution in [0.15, 0.2) is 30.3 Å². The zero-order chi connectivity index (χ0) is 23.6. The molecule has 1 amide bonds. The van der Waals surface area contributed by atoms with Gasteiger partial charge in [0, 0.05) is 31.0 Å². The highest BCUT2D eigenvalue weighted by molar-refractivity contribution is 7.91. The second-order valence-electron chi connectivity index (χ2n) is 8.60. The van der Waals surface area contributed by atoms with Gasteiger partial charge in [-0.05, 0) is 31.5 Å². The Bertz CT molecular complexity index is 1250. The summed E-state index contributed by atoms with van der Waals surface area (Å²) in [5, 5.41) is 2.30. The van der Waals surface area contributed by atoms with Crippen LogP contribution >= 0.6 is 0 Å². The van der Waals surface area contributed by atoms with E-state index in [9.17, 15) is 22.0 Å². The first-order valence-corrected chi connectivity index (χ1v) is 12.2. The van der Waals surface area contributed by atoms with Crippen molar-refractivity contribution in [1.82, 2.24) is 4.98 Å². The molecule has 1 saturated heterocycles. The van der Waals surface area contributed by atoms with Gasteiger partial charge in [0.1, 0.15) is 29.4 Å². The highest BCUT2D eigenvalue weighted by Crippen LogP contribution is 2.50. The Hall–Kier alpha value is -3.15. The first kappa shape index (κ1) is 21.7. The topological polar surface area (TPSA) is 107 Å². The van der Waals surface area contributed by atoms with Crippen LogP contribution in [0.5, 0.6) is 17.2 Å². The van der Waals surface area contributed by atoms with Crippen molar-refractivity contribution in [2.24, 2.45) is 0 Å². The van der Waals surface area contributed by atoms with Crippen molar-refractivity contribution in [1.29, 1.82) is 0 Å². The maximum absolute atomic E-state index is 13.4. The second-order valence-corrected chi connectivity index (χ2v) is 10.9. The Labute approximate surface area is 188 Å². The van der Waals surface area contributed by atoms with Gasteiger partial charge in [-0.1, -0.05) is 6.07 Å². The van der Waals surface area contributed by atoms with E-state index in [4.69, 9.17) is 4.74 Å². The van der Waals surface area contributed by atoms with Crippen LogP contribution in [0.1, 0.15) is 18.9 Å². The summed E-state index contributed by atoms with van der Waals surface area (Å²) in [6, 6.07) is 7.70. The number of rotatable bonds is 4. The number of nitrogens with zero attached hydrogens (tertiary/aromatic N) is 2. The molecule has 0 bridgehead atoms. The van der Waals surface area contributed by atoms with Crippen molar-refractivity contribution in [3.63, 3.8) is 0 Å². The summed E-state index contributed by atoms with van der Waals surface area (Å²) in [6.07, 6.45) is -2.04. The number of aromatic nitrogens is 1. The van der Waals surface area contributed by atoms with E-state index in [-0.39, 0.29) is 29.7 Å². The number of hydrogen-bond donors (Lipinski definition) is 1. The van der Waals surface area contributed by atoms with Gasteiger partial charge in [-0.25, -0.2) is 13.4 Å². The van der Waals surface area contributed by atoms with Crippen LogP contribution in [-0.4, -0.2) is 56.8 Å². The molecule has 1 aromatic heterocycles. The van der Waals surface area contributed by atoms with Gasteiger partial charge in [0.2, 0.25) is 5.91 Å². The third-order valence-electron chi connectivity index (χ3n) is 6.17. The summed E-state index contributed by atoms with van der Waals surface area (Å²) in [4.78, 5) is 19.5. The molecule has 9 nitrogen and oxygen atoms in total. The lowest BCUT2D eigenvalue weighted by molar-refractivity contribution is -0.286.